The Morgan fingerprint density at radius 2 is 1.95 bits per heavy atom. The molecule has 0 aliphatic rings. The molecule has 1 atom stereocenters. The lowest BCUT2D eigenvalue weighted by Crippen LogP contribution is -2.38. The van der Waals surface area contributed by atoms with Crippen LogP contribution in [0.1, 0.15) is 20.3 Å². The largest absolute Gasteiger partial charge is 0.466 e. The molecule has 0 heterocycles. The van der Waals surface area contributed by atoms with Gasteiger partial charge in [-0.05, 0) is 26.0 Å². The molecule has 1 rings (SSSR count). The van der Waals surface area contributed by atoms with Crippen LogP contribution in [0.2, 0.25) is 0 Å². The lowest BCUT2D eigenvalue weighted by Gasteiger charge is -2.15. The molecule has 19 heavy (non-hydrogen) atoms. The van der Waals surface area contributed by atoms with Gasteiger partial charge in [0.15, 0.2) is 0 Å². The lowest BCUT2D eigenvalue weighted by molar-refractivity contribution is -0.143. The zero-order valence-corrected chi connectivity index (χ0v) is 11.3. The van der Waals surface area contributed by atoms with Gasteiger partial charge in [-0.3, -0.25) is 9.59 Å². The average molecular weight is 264 g/mol. The van der Waals surface area contributed by atoms with Crippen molar-refractivity contribution >= 4 is 17.6 Å². The number of amides is 1. The number of para-hydroxylation sites is 1. The summed E-state index contributed by atoms with van der Waals surface area (Å²) in [6.45, 7) is 4.17. The number of benzene rings is 1. The van der Waals surface area contributed by atoms with E-state index in [-0.39, 0.29) is 24.3 Å². The van der Waals surface area contributed by atoms with Crippen LogP contribution in [0.15, 0.2) is 30.3 Å². The Hall–Kier alpha value is -2.04. The van der Waals surface area contributed by atoms with Crippen molar-refractivity contribution in [1.82, 2.24) is 5.32 Å². The number of nitrogens with one attached hydrogen (secondary N) is 2. The molecule has 0 spiro atoms. The number of hydrogen-bond donors (Lipinski definition) is 2. The molecule has 1 amide bonds. The van der Waals surface area contributed by atoms with Gasteiger partial charge in [0.05, 0.1) is 13.0 Å². The van der Waals surface area contributed by atoms with Gasteiger partial charge in [0.25, 0.3) is 0 Å². The molecular formula is C14H20N2O3. The van der Waals surface area contributed by atoms with E-state index >= 15 is 0 Å². The molecule has 5 nitrogen and oxygen atoms in total. The molecule has 1 aromatic carbocycles. The standard InChI is InChI=1S/C14H20N2O3/c1-3-19-13(17)9-10-15-14(18)11(2)16-12-7-5-4-6-8-12/h4-8,11,16H,3,9-10H2,1-2H3,(H,15,18). The van der Waals surface area contributed by atoms with Crippen LogP contribution in [0.3, 0.4) is 0 Å². The van der Waals surface area contributed by atoms with Crippen molar-refractivity contribution in [3.63, 3.8) is 0 Å². The quantitative estimate of drug-likeness (QED) is 0.733. The molecule has 1 aromatic rings. The number of hydrogen-bond acceptors (Lipinski definition) is 4. The van der Waals surface area contributed by atoms with Gasteiger partial charge in [-0.15, -0.1) is 0 Å². The maximum atomic E-state index is 11.8. The fourth-order valence-electron chi connectivity index (χ4n) is 1.52. The van der Waals surface area contributed by atoms with Crippen molar-refractivity contribution in [2.45, 2.75) is 26.3 Å². The summed E-state index contributed by atoms with van der Waals surface area (Å²) in [6, 6.07) is 9.13. The minimum atomic E-state index is -0.357. The highest BCUT2D eigenvalue weighted by molar-refractivity contribution is 5.84. The van der Waals surface area contributed by atoms with Crippen LogP contribution in [-0.2, 0) is 14.3 Å². The second kappa shape index (κ2) is 8.13. The Kier molecular flexibility index (Phi) is 6.43. The van der Waals surface area contributed by atoms with E-state index in [9.17, 15) is 9.59 Å². The van der Waals surface area contributed by atoms with Gasteiger partial charge in [0.1, 0.15) is 6.04 Å². The third kappa shape index (κ3) is 5.90. The van der Waals surface area contributed by atoms with E-state index in [1.165, 1.54) is 0 Å². The third-order valence-electron chi connectivity index (χ3n) is 2.48. The van der Waals surface area contributed by atoms with Gasteiger partial charge in [-0.2, -0.15) is 0 Å². The normalized spacial score (nSPS) is 11.5. The van der Waals surface area contributed by atoms with Gasteiger partial charge in [-0.1, -0.05) is 18.2 Å². The van der Waals surface area contributed by atoms with Crippen LogP contribution in [0.4, 0.5) is 5.69 Å². The summed E-state index contributed by atoms with van der Waals surface area (Å²) < 4.78 is 4.77. The summed E-state index contributed by atoms with van der Waals surface area (Å²) in [5, 5.41) is 5.77. The molecule has 0 saturated carbocycles. The predicted octanol–water partition coefficient (Wildman–Crippen LogP) is 1.56. The predicted molar refractivity (Wildman–Crippen MR) is 73.8 cm³/mol. The first-order valence-corrected chi connectivity index (χ1v) is 6.38. The Morgan fingerprint density at radius 3 is 2.58 bits per heavy atom. The van der Waals surface area contributed by atoms with Crippen molar-refractivity contribution in [1.29, 1.82) is 0 Å². The van der Waals surface area contributed by atoms with Crippen LogP contribution in [-0.4, -0.2) is 31.1 Å². The number of esters is 1. The second-order valence-corrected chi connectivity index (χ2v) is 4.08. The molecule has 0 bridgehead atoms. The third-order valence-corrected chi connectivity index (χ3v) is 2.48. The van der Waals surface area contributed by atoms with E-state index in [0.29, 0.717) is 13.2 Å². The van der Waals surface area contributed by atoms with Crippen LogP contribution in [0.25, 0.3) is 0 Å². The van der Waals surface area contributed by atoms with E-state index in [4.69, 9.17) is 4.74 Å². The zero-order valence-electron chi connectivity index (χ0n) is 11.3. The number of carbonyl (C=O) groups excluding carboxylic acids is 2. The van der Waals surface area contributed by atoms with E-state index in [0.717, 1.165) is 5.69 Å². The zero-order chi connectivity index (χ0) is 14.1. The first-order chi connectivity index (χ1) is 9.13. The van der Waals surface area contributed by atoms with Gasteiger partial charge in [-0.25, -0.2) is 0 Å². The lowest BCUT2D eigenvalue weighted by atomic mass is 10.2. The summed E-state index contributed by atoms with van der Waals surface area (Å²) in [4.78, 5) is 22.9. The molecule has 0 aliphatic carbocycles. The highest BCUT2D eigenvalue weighted by Gasteiger charge is 2.12. The molecule has 1 unspecified atom stereocenters. The Bertz CT molecular complexity index is 406. The molecule has 5 heteroatoms. The number of ether oxygens (including phenoxy) is 1. The fraction of sp³-hybridized carbons (Fsp3) is 0.429. The summed E-state index contributed by atoms with van der Waals surface area (Å²) >= 11 is 0. The van der Waals surface area contributed by atoms with Gasteiger partial charge in [0.2, 0.25) is 5.91 Å². The minimum absolute atomic E-state index is 0.145. The molecular weight excluding hydrogens is 244 g/mol. The molecule has 0 saturated heterocycles. The van der Waals surface area contributed by atoms with E-state index in [1.54, 1.807) is 13.8 Å². The molecule has 0 fully saturated rings. The van der Waals surface area contributed by atoms with E-state index in [1.807, 2.05) is 30.3 Å². The molecule has 0 radical (unpaired) electrons. The SMILES string of the molecule is CCOC(=O)CCNC(=O)C(C)Nc1ccccc1. The molecule has 2 N–H and O–H groups in total. The molecule has 0 aromatic heterocycles. The van der Waals surface area contributed by atoms with Crippen molar-refractivity contribution in [2.24, 2.45) is 0 Å². The highest BCUT2D eigenvalue weighted by atomic mass is 16.5. The monoisotopic (exact) mass is 264 g/mol. The highest BCUT2D eigenvalue weighted by Crippen LogP contribution is 2.06. The topological polar surface area (TPSA) is 67.4 Å². The van der Waals surface area contributed by atoms with Crippen LogP contribution >= 0.6 is 0 Å². The molecule has 104 valence electrons. The van der Waals surface area contributed by atoms with Crippen molar-refractivity contribution < 1.29 is 14.3 Å². The number of anilines is 1. The number of carbonyl (C=O) groups is 2. The summed E-state index contributed by atoms with van der Waals surface area (Å²) in [5.41, 5.74) is 0.885. The maximum Gasteiger partial charge on any atom is 0.307 e. The Balaban J connectivity index is 2.27. The first-order valence-electron chi connectivity index (χ1n) is 6.38. The van der Waals surface area contributed by atoms with Crippen molar-refractivity contribution in [3.05, 3.63) is 30.3 Å². The van der Waals surface area contributed by atoms with Gasteiger partial charge < -0.3 is 15.4 Å². The van der Waals surface area contributed by atoms with Gasteiger partial charge >= 0.3 is 5.97 Å². The molecule has 0 aliphatic heterocycles. The van der Waals surface area contributed by atoms with Gasteiger partial charge in [0, 0.05) is 12.2 Å². The van der Waals surface area contributed by atoms with Crippen LogP contribution in [0, 0.1) is 0 Å². The van der Waals surface area contributed by atoms with Crippen LogP contribution in [0.5, 0.6) is 0 Å². The smallest absolute Gasteiger partial charge is 0.307 e. The Morgan fingerprint density at radius 1 is 1.26 bits per heavy atom. The van der Waals surface area contributed by atoms with Crippen LogP contribution < -0.4 is 10.6 Å². The summed E-state index contributed by atoms with van der Waals surface area (Å²) in [5.74, 6) is -0.445. The minimum Gasteiger partial charge on any atom is -0.466 e. The van der Waals surface area contributed by atoms with E-state index < -0.39 is 0 Å². The first kappa shape index (κ1) is 15.0. The Labute approximate surface area is 113 Å². The fourth-order valence-corrected chi connectivity index (χ4v) is 1.52. The van der Waals surface area contributed by atoms with E-state index in [2.05, 4.69) is 10.6 Å². The maximum absolute atomic E-state index is 11.8. The second-order valence-electron chi connectivity index (χ2n) is 4.08. The average Bonchev–Trinajstić information content (AvgIpc) is 2.40. The van der Waals surface area contributed by atoms with Crippen molar-refractivity contribution in [3.8, 4) is 0 Å². The van der Waals surface area contributed by atoms with Crippen molar-refractivity contribution in [2.75, 3.05) is 18.5 Å². The number of rotatable bonds is 7. The summed E-state index contributed by atoms with van der Waals surface area (Å²) in [6.07, 6.45) is 0.192. The summed E-state index contributed by atoms with van der Waals surface area (Å²) in [7, 11) is 0.